The maximum absolute atomic E-state index is 11.6. The third-order valence-electron chi connectivity index (χ3n) is 10.6. The average molecular weight is 485 g/mol. The summed E-state index contributed by atoms with van der Waals surface area (Å²) >= 11 is 0. The molecule has 0 amide bonds. The minimum atomic E-state index is -0.884. The van der Waals surface area contributed by atoms with Gasteiger partial charge in [-0.2, -0.15) is 0 Å². The molecule has 4 fully saturated rings. The van der Waals surface area contributed by atoms with Crippen molar-refractivity contribution in [1.29, 1.82) is 0 Å². The molecule has 0 radical (unpaired) electrons. The molecular formula is C31H48O4. The number of fused-ring (bicyclic) bond motifs is 2. The number of hydrogen-bond acceptors (Lipinski definition) is 4. The van der Waals surface area contributed by atoms with Crippen LogP contribution in [0.2, 0.25) is 0 Å². The molecule has 4 heteroatoms. The second-order valence-corrected chi connectivity index (χ2v) is 12.8. The first kappa shape index (κ1) is 26.7. The number of carbonyl (C=O) groups excluding carboxylic acids is 1. The van der Waals surface area contributed by atoms with Gasteiger partial charge in [0.05, 0.1) is 17.1 Å². The van der Waals surface area contributed by atoms with Crippen molar-refractivity contribution in [2.45, 2.75) is 104 Å². The largest absolute Gasteiger partial charge is 0.458 e. The van der Waals surface area contributed by atoms with E-state index in [4.69, 9.17) is 9.47 Å². The van der Waals surface area contributed by atoms with Gasteiger partial charge in [-0.15, -0.1) is 0 Å². The maximum atomic E-state index is 11.6. The predicted octanol–water partition coefficient (Wildman–Crippen LogP) is 6.64. The molecule has 1 N–H and O–H groups in total. The lowest BCUT2D eigenvalue weighted by Crippen LogP contribution is -2.37. The van der Waals surface area contributed by atoms with Crippen LogP contribution in [0.5, 0.6) is 0 Å². The molecule has 0 aromatic heterocycles. The van der Waals surface area contributed by atoms with Crippen molar-refractivity contribution in [2.24, 2.45) is 40.4 Å². The highest BCUT2D eigenvalue weighted by molar-refractivity contribution is 5.67. The first-order valence-electron chi connectivity index (χ1n) is 13.9. The highest BCUT2D eigenvalue weighted by Crippen LogP contribution is 2.72. The van der Waals surface area contributed by atoms with Gasteiger partial charge in [0, 0.05) is 20.5 Å². The summed E-state index contributed by atoms with van der Waals surface area (Å²) in [7, 11) is 1.74. The Kier molecular flexibility index (Phi) is 7.23. The van der Waals surface area contributed by atoms with E-state index >= 15 is 0 Å². The lowest BCUT2D eigenvalue weighted by atomic mass is 9.61. The third-order valence-corrected chi connectivity index (χ3v) is 10.6. The summed E-state index contributed by atoms with van der Waals surface area (Å²) in [6.07, 6.45) is 13.8. The van der Waals surface area contributed by atoms with Crippen LogP contribution in [-0.4, -0.2) is 36.0 Å². The molecule has 0 heterocycles. The molecule has 4 rings (SSSR count). The van der Waals surface area contributed by atoms with E-state index in [2.05, 4.69) is 59.4 Å². The van der Waals surface area contributed by atoms with Crippen LogP contribution in [0.1, 0.15) is 86.5 Å². The molecule has 0 aromatic carbocycles. The molecule has 35 heavy (non-hydrogen) atoms. The van der Waals surface area contributed by atoms with Gasteiger partial charge in [-0.3, -0.25) is 4.79 Å². The summed E-state index contributed by atoms with van der Waals surface area (Å²) < 4.78 is 11.6. The Balaban J connectivity index is 1.55. The first-order valence-corrected chi connectivity index (χ1v) is 13.9. The summed E-state index contributed by atoms with van der Waals surface area (Å²) in [6.45, 7) is 17.6. The van der Waals surface area contributed by atoms with Crippen LogP contribution in [0.3, 0.4) is 0 Å². The van der Waals surface area contributed by atoms with Gasteiger partial charge in [0.2, 0.25) is 0 Å². The van der Waals surface area contributed by atoms with Gasteiger partial charge in [-0.1, -0.05) is 65.0 Å². The van der Waals surface area contributed by atoms with Crippen LogP contribution in [-0.2, 0) is 14.3 Å². The third kappa shape index (κ3) is 4.37. The number of rotatable bonds is 8. The normalized spacial score (nSPS) is 42.3. The van der Waals surface area contributed by atoms with Crippen molar-refractivity contribution < 1.29 is 19.4 Å². The van der Waals surface area contributed by atoms with Crippen molar-refractivity contribution >= 4 is 5.97 Å². The molecular weight excluding hydrogens is 436 g/mol. The molecule has 196 valence electrons. The maximum Gasteiger partial charge on any atom is 0.303 e. The van der Waals surface area contributed by atoms with Crippen molar-refractivity contribution in [2.75, 3.05) is 7.11 Å². The monoisotopic (exact) mass is 484 g/mol. The van der Waals surface area contributed by atoms with Crippen LogP contribution in [0.25, 0.3) is 0 Å². The Hall–Kier alpha value is -1.39. The molecule has 9 atom stereocenters. The Morgan fingerprint density at radius 1 is 1.20 bits per heavy atom. The molecule has 4 nitrogen and oxygen atoms in total. The summed E-state index contributed by atoms with van der Waals surface area (Å²) in [4.78, 5) is 11.6. The zero-order valence-electron chi connectivity index (χ0n) is 23.1. The number of hydrogen-bond donors (Lipinski definition) is 1. The zero-order chi connectivity index (χ0) is 25.8. The van der Waals surface area contributed by atoms with Crippen molar-refractivity contribution in [3.05, 3.63) is 36.0 Å². The Morgan fingerprint density at radius 3 is 2.54 bits per heavy atom. The van der Waals surface area contributed by atoms with Crippen LogP contribution in [0.4, 0.5) is 0 Å². The lowest BCUT2D eigenvalue weighted by molar-refractivity contribution is -0.145. The smallest absolute Gasteiger partial charge is 0.303 e. The Bertz CT molecular complexity index is 902. The van der Waals surface area contributed by atoms with E-state index in [9.17, 15) is 9.90 Å². The van der Waals surface area contributed by atoms with E-state index in [-0.39, 0.29) is 12.1 Å². The molecule has 4 aliphatic rings. The molecule has 4 aliphatic carbocycles. The zero-order valence-corrected chi connectivity index (χ0v) is 23.1. The fraction of sp³-hybridized carbons (Fsp3) is 0.774. The molecule has 0 bridgehead atoms. The van der Waals surface area contributed by atoms with Gasteiger partial charge < -0.3 is 14.6 Å². The molecule has 0 aliphatic heterocycles. The van der Waals surface area contributed by atoms with Gasteiger partial charge in [-0.05, 0) is 79.1 Å². The molecule has 0 saturated heterocycles. The molecule has 0 aromatic rings. The van der Waals surface area contributed by atoms with E-state index in [1.165, 1.54) is 38.2 Å². The van der Waals surface area contributed by atoms with E-state index in [0.717, 1.165) is 12.0 Å². The van der Waals surface area contributed by atoms with Gasteiger partial charge >= 0.3 is 5.97 Å². The van der Waals surface area contributed by atoms with E-state index in [1.807, 2.05) is 0 Å². The van der Waals surface area contributed by atoms with Gasteiger partial charge in [-0.25, -0.2) is 0 Å². The number of allylic oxidation sites excluding steroid dienone is 3. The minimum absolute atomic E-state index is 0.235. The Morgan fingerprint density at radius 2 is 1.91 bits per heavy atom. The van der Waals surface area contributed by atoms with Gasteiger partial charge in [0.15, 0.2) is 0 Å². The first-order chi connectivity index (χ1) is 16.4. The summed E-state index contributed by atoms with van der Waals surface area (Å²) in [5.41, 5.74) is 1.21. The van der Waals surface area contributed by atoms with E-state index in [1.54, 1.807) is 7.11 Å². The van der Waals surface area contributed by atoms with Crippen molar-refractivity contribution in [1.82, 2.24) is 0 Å². The quantitative estimate of drug-likeness (QED) is 0.310. The van der Waals surface area contributed by atoms with Gasteiger partial charge in [0.1, 0.15) is 6.10 Å². The Labute approximate surface area is 213 Å². The van der Waals surface area contributed by atoms with Crippen LogP contribution >= 0.6 is 0 Å². The number of aliphatic hydroxyl groups is 1. The SMILES string of the molecule is C=C1[C@@H](OC(C)=O)C[C@@]2(O)CC12C(/C=C1\CCC[C@]2(C)[C@@H]([C@H](C)/C=C/[C@H](C)C(C)C)CC[C@@H]12)OC. The topological polar surface area (TPSA) is 55.8 Å². The second kappa shape index (κ2) is 9.49. The van der Waals surface area contributed by atoms with E-state index in [0.29, 0.717) is 47.8 Å². The predicted molar refractivity (Wildman–Crippen MR) is 141 cm³/mol. The number of esters is 1. The second-order valence-electron chi connectivity index (χ2n) is 12.8. The van der Waals surface area contributed by atoms with Crippen molar-refractivity contribution in [3.8, 4) is 0 Å². The molecule has 2 unspecified atom stereocenters. The van der Waals surface area contributed by atoms with Crippen LogP contribution in [0.15, 0.2) is 36.0 Å². The highest BCUT2D eigenvalue weighted by atomic mass is 16.5. The standard InChI is InChI=1S/C31H48O4/c1-19(2)20(3)11-12-21(4)25-13-14-26-24(10-9-15-29(25,26)7)16-28(34-8)31-18-30(31,33)17-27(22(31)5)35-23(6)32/h11-12,16,19-21,25-28,33H,5,9-10,13-15,17-18H2,1-4,6-8H3/b12-11+,24-16+/t20-,21+,25+,26-,27-,28?,29+,30+,31?/m0/s1. The summed E-state index contributed by atoms with van der Waals surface area (Å²) in [6, 6.07) is 0. The summed E-state index contributed by atoms with van der Waals surface area (Å²) in [5.74, 6) is 2.80. The average Bonchev–Trinajstić information content (AvgIpc) is 3.13. The van der Waals surface area contributed by atoms with Crippen LogP contribution < -0.4 is 0 Å². The highest BCUT2D eigenvalue weighted by Gasteiger charge is 2.77. The number of ether oxygens (including phenoxy) is 2. The molecule has 0 spiro atoms. The lowest BCUT2D eigenvalue weighted by Gasteiger charge is -2.44. The van der Waals surface area contributed by atoms with Crippen molar-refractivity contribution in [3.63, 3.8) is 0 Å². The fourth-order valence-electron chi connectivity index (χ4n) is 8.12. The van der Waals surface area contributed by atoms with Crippen LogP contribution in [0, 0.1) is 40.4 Å². The molecule has 4 saturated carbocycles. The summed E-state index contributed by atoms with van der Waals surface area (Å²) in [5, 5.41) is 11.3. The number of carbonyl (C=O) groups is 1. The van der Waals surface area contributed by atoms with E-state index < -0.39 is 17.1 Å². The van der Waals surface area contributed by atoms with Gasteiger partial charge in [0.25, 0.3) is 0 Å². The fourth-order valence-corrected chi connectivity index (χ4v) is 8.12. The minimum Gasteiger partial charge on any atom is -0.458 e. The number of methoxy groups -OCH3 is 1.